The van der Waals surface area contributed by atoms with Crippen LogP contribution in [0.5, 0.6) is 5.75 Å². The summed E-state index contributed by atoms with van der Waals surface area (Å²) in [5.74, 6) is 1.27. The molecule has 0 saturated heterocycles. The standard InChI is InChI=1S/C11H13Br2ClO/c1-2-8(6-12)7-15-11-5-9(13)3-4-10(11)14/h3-5,8H,2,6-7H2,1H3. The van der Waals surface area contributed by atoms with E-state index in [4.69, 9.17) is 16.3 Å². The summed E-state index contributed by atoms with van der Waals surface area (Å²) in [4.78, 5) is 0. The summed E-state index contributed by atoms with van der Waals surface area (Å²) >= 11 is 12.9. The summed E-state index contributed by atoms with van der Waals surface area (Å²) in [5, 5.41) is 1.61. The Morgan fingerprint density at radius 3 is 2.80 bits per heavy atom. The number of halogens is 3. The van der Waals surface area contributed by atoms with E-state index in [9.17, 15) is 0 Å². The van der Waals surface area contributed by atoms with Crippen LogP contribution in [-0.2, 0) is 0 Å². The molecule has 0 N–H and O–H groups in total. The van der Waals surface area contributed by atoms with Crippen LogP contribution in [0, 0.1) is 5.92 Å². The Morgan fingerprint density at radius 2 is 2.20 bits per heavy atom. The molecule has 0 aliphatic heterocycles. The van der Waals surface area contributed by atoms with Crippen LogP contribution < -0.4 is 4.74 Å². The van der Waals surface area contributed by atoms with Crippen molar-refractivity contribution in [1.82, 2.24) is 0 Å². The van der Waals surface area contributed by atoms with E-state index in [0.717, 1.165) is 22.0 Å². The van der Waals surface area contributed by atoms with Crippen LogP contribution in [0.1, 0.15) is 13.3 Å². The molecule has 0 aliphatic carbocycles. The van der Waals surface area contributed by atoms with Gasteiger partial charge in [-0.05, 0) is 24.6 Å². The van der Waals surface area contributed by atoms with Gasteiger partial charge < -0.3 is 4.74 Å². The van der Waals surface area contributed by atoms with Crippen LogP contribution in [0.3, 0.4) is 0 Å². The molecule has 0 aliphatic rings. The second kappa shape index (κ2) is 6.77. The maximum atomic E-state index is 6.01. The van der Waals surface area contributed by atoms with E-state index in [1.165, 1.54) is 0 Å². The van der Waals surface area contributed by atoms with Crippen molar-refractivity contribution in [3.63, 3.8) is 0 Å². The maximum absolute atomic E-state index is 6.01. The highest BCUT2D eigenvalue weighted by molar-refractivity contribution is 9.10. The second-order valence-electron chi connectivity index (χ2n) is 3.31. The summed E-state index contributed by atoms with van der Waals surface area (Å²) in [7, 11) is 0. The predicted molar refractivity (Wildman–Crippen MR) is 72.2 cm³/mol. The Labute approximate surface area is 112 Å². The van der Waals surface area contributed by atoms with Gasteiger partial charge in [0.2, 0.25) is 0 Å². The van der Waals surface area contributed by atoms with Gasteiger partial charge in [-0.2, -0.15) is 0 Å². The van der Waals surface area contributed by atoms with Crippen molar-refractivity contribution in [2.45, 2.75) is 13.3 Å². The summed E-state index contributed by atoms with van der Waals surface area (Å²) in [6.45, 7) is 2.84. The molecule has 1 aromatic rings. The lowest BCUT2D eigenvalue weighted by molar-refractivity contribution is 0.260. The lowest BCUT2D eigenvalue weighted by Gasteiger charge is -2.14. The highest BCUT2D eigenvalue weighted by atomic mass is 79.9. The molecule has 0 saturated carbocycles. The Bertz CT molecular complexity index is 313. The Kier molecular flexibility index (Phi) is 6.02. The summed E-state index contributed by atoms with van der Waals surface area (Å²) in [6.07, 6.45) is 1.09. The smallest absolute Gasteiger partial charge is 0.139 e. The van der Waals surface area contributed by atoms with Gasteiger partial charge in [-0.25, -0.2) is 0 Å². The summed E-state index contributed by atoms with van der Waals surface area (Å²) < 4.78 is 6.65. The largest absolute Gasteiger partial charge is 0.492 e. The van der Waals surface area contributed by atoms with Crippen LogP contribution in [0.2, 0.25) is 5.02 Å². The normalized spacial score (nSPS) is 12.5. The SMILES string of the molecule is CCC(CBr)COc1cc(Br)ccc1Cl. The summed E-state index contributed by atoms with van der Waals surface area (Å²) in [5.41, 5.74) is 0. The lowest BCUT2D eigenvalue weighted by atomic mass is 10.1. The minimum atomic E-state index is 0.528. The number of alkyl halides is 1. The van der Waals surface area contributed by atoms with Crippen molar-refractivity contribution in [3.05, 3.63) is 27.7 Å². The molecule has 0 aromatic heterocycles. The molecular weight excluding hydrogens is 343 g/mol. The monoisotopic (exact) mass is 354 g/mol. The molecule has 0 spiro atoms. The fraction of sp³-hybridized carbons (Fsp3) is 0.455. The van der Waals surface area contributed by atoms with E-state index in [2.05, 4.69) is 38.8 Å². The van der Waals surface area contributed by atoms with Crippen molar-refractivity contribution >= 4 is 43.5 Å². The van der Waals surface area contributed by atoms with Crippen molar-refractivity contribution in [3.8, 4) is 5.75 Å². The zero-order valence-electron chi connectivity index (χ0n) is 8.47. The van der Waals surface area contributed by atoms with Gasteiger partial charge in [0.05, 0.1) is 11.6 Å². The van der Waals surface area contributed by atoms with Crippen LogP contribution in [0.15, 0.2) is 22.7 Å². The van der Waals surface area contributed by atoms with E-state index in [-0.39, 0.29) is 0 Å². The Hall–Kier alpha value is 0.270. The Balaban J connectivity index is 2.60. The third-order valence-electron chi connectivity index (χ3n) is 2.16. The fourth-order valence-electron chi connectivity index (χ4n) is 1.07. The average Bonchev–Trinajstić information content (AvgIpc) is 2.24. The molecule has 0 bridgehead atoms. The quantitative estimate of drug-likeness (QED) is 0.682. The van der Waals surface area contributed by atoms with Crippen molar-refractivity contribution < 1.29 is 4.74 Å². The number of hydrogen-bond acceptors (Lipinski definition) is 1. The molecule has 15 heavy (non-hydrogen) atoms. The molecule has 0 amide bonds. The molecule has 0 radical (unpaired) electrons. The molecule has 1 unspecified atom stereocenters. The van der Waals surface area contributed by atoms with Crippen molar-refractivity contribution in [2.24, 2.45) is 5.92 Å². The first-order chi connectivity index (χ1) is 7.17. The number of rotatable bonds is 5. The molecule has 1 rings (SSSR count). The van der Waals surface area contributed by atoms with E-state index in [0.29, 0.717) is 17.5 Å². The lowest BCUT2D eigenvalue weighted by Crippen LogP contribution is -2.12. The van der Waals surface area contributed by atoms with E-state index in [1.54, 1.807) is 0 Å². The van der Waals surface area contributed by atoms with Gasteiger partial charge in [0.25, 0.3) is 0 Å². The van der Waals surface area contributed by atoms with E-state index < -0.39 is 0 Å². The molecule has 0 heterocycles. The Morgan fingerprint density at radius 1 is 1.47 bits per heavy atom. The second-order valence-corrected chi connectivity index (χ2v) is 5.28. The number of benzene rings is 1. The van der Waals surface area contributed by atoms with Crippen LogP contribution in [0.25, 0.3) is 0 Å². The van der Waals surface area contributed by atoms with E-state index >= 15 is 0 Å². The van der Waals surface area contributed by atoms with Gasteiger partial charge in [-0.1, -0.05) is 50.4 Å². The third kappa shape index (κ3) is 4.33. The van der Waals surface area contributed by atoms with Crippen molar-refractivity contribution in [2.75, 3.05) is 11.9 Å². The zero-order chi connectivity index (χ0) is 11.3. The van der Waals surface area contributed by atoms with Gasteiger partial charge in [-0.3, -0.25) is 0 Å². The zero-order valence-corrected chi connectivity index (χ0v) is 12.4. The predicted octanol–water partition coefficient (Wildman–Crippen LogP) is 4.90. The molecule has 4 heteroatoms. The first kappa shape index (κ1) is 13.3. The minimum Gasteiger partial charge on any atom is -0.492 e. The van der Waals surface area contributed by atoms with Crippen LogP contribution >= 0.6 is 43.5 Å². The minimum absolute atomic E-state index is 0.528. The fourth-order valence-corrected chi connectivity index (χ4v) is 2.22. The first-order valence-corrected chi connectivity index (χ1v) is 7.10. The topological polar surface area (TPSA) is 9.23 Å². The molecular formula is C11H13Br2ClO. The van der Waals surface area contributed by atoms with E-state index in [1.807, 2.05) is 18.2 Å². The molecule has 1 atom stereocenters. The third-order valence-corrected chi connectivity index (χ3v) is 3.88. The van der Waals surface area contributed by atoms with Gasteiger partial charge in [0, 0.05) is 15.7 Å². The molecule has 84 valence electrons. The molecule has 0 fully saturated rings. The average molecular weight is 356 g/mol. The number of hydrogen-bond donors (Lipinski definition) is 0. The highest BCUT2D eigenvalue weighted by Gasteiger charge is 2.07. The summed E-state index contributed by atoms with van der Waals surface area (Å²) in [6, 6.07) is 5.62. The van der Waals surface area contributed by atoms with Gasteiger partial charge in [-0.15, -0.1) is 0 Å². The maximum Gasteiger partial charge on any atom is 0.139 e. The highest BCUT2D eigenvalue weighted by Crippen LogP contribution is 2.28. The molecule has 1 aromatic carbocycles. The van der Waals surface area contributed by atoms with Crippen LogP contribution in [0.4, 0.5) is 0 Å². The van der Waals surface area contributed by atoms with Crippen molar-refractivity contribution in [1.29, 1.82) is 0 Å². The van der Waals surface area contributed by atoms with Gasteiger partial charge >= 0.3 is 0 Å². The first-order valence-electron chi connectivity index (χ1n) is 4.81. The van der Waals surface area contributed by atoms with Gasteiger partial charge in [0.1, 0.15) is 5.75 Å². The molecule has 1 nitrogen and oxygen atoms in total. The number of ether oxygens (including phenoxy) is 1. The van der Waals surface area contributed by atoms with Crippen LogP contribution in [-0.4, -0.2) is 11.9 Å². The van der Waals surface area contributed by atoms with Gasteiger partial charge in [0.15, 0.2) is 0 Å².